The fourth-order valence-corrected chi connectivity index (χ4v) is 4.78. The molecule has 0 aromatic heterocycles. The second-order valence-corrected chi connectivity index (χ2v) is 10.4. The van der Waals surface area contributed by atoms with E-state index in [0.29, 0.717) is 0 Å². The highest BCUT2D eigenvalue weighted by atomic mass is 14.0. The minimum absolute atomic E-state index is 1.02. The number of aryl methyl sites for hydroxylation is 2. The molecular formula is C40H30. The normalized spacial score (nSPS) is 11.3. The standard InChI is InChI=1S/C40H30/c1-29-3-7-31(8-4-29)11-13-33-17-21-39-27-35(19-23-37(39)25-33)15-16-36-20-24-38-26-34(18-22-40(38)28-36)14-12-32-9-5-30(2)6-10-32/h3-14,17-28H,1-2H3/b13-11+,14-12+. The van der Waals surface area contributed by atoms with Gasteiger partial charge >= 0.3 is 0 Å². The topological polar surface area (TPSA) is 0 Å². The fourth-order valence-electron chi connectivity index (χ4n) is 4.78. The van der Waals surface area contributed by atoms with Crippen LogP contribution in [0.3, 0.4) is 0 Å². The molecule has 0 spiro atoms. The molecule has 0 heteroatoms. The van der Waals surface area contributed by atoms with Gasteiger partial charge < -0.3 is 0 Å². The van der Waals surface area contributed by atoms with Crippen molar-refractivity contribution in [3.63, 3.8) is 0 Å². The van der Waals surface area contributed by atoms with Gasteiger partial charge in [-0.1, -0.05) is 132 Å². The van der Waals surface area contributed by atoms with Crippen molar-refractivity contribution in [3.05, 3.63) is 166 Å². The first kappa shape index (κ1) is 25.2. The van der Waals surface area contributed by atoms with Crippen LogP contribution in [0.25, 0.3) is 45.8 Å². The van der Waals surface area contributed by atoms with Crippen LogP contribution in [-0.2, 0) is 0 Å². The average molecular weight is 511 g/mol. The zero-order valence-corrected chi connectivity index (χ0v) is 22.9. The lowest BCUT2D eigenvalue weighted by atomic mass is 10.0. The number of hydrogen-bond donors (Lipinski definition) is 0. The van der Waals surface area contributed by atoms with Crippen LogP contribution in [0.2, 0.25) is 0 Å². The van der Waals surface area contributed by atoms with Crippen LogP contribution in [0.15, 0.2) is 121 Å². The molecular weight excluding hydrogens is 480 g/mol. The third-order valence-corrected chi connectivity index (χ3v) is 7.17. The lowest BCUT2D eigenvalue weighted by Gasteiger charge is -2.02. The van der Waals surface area contributed by atoms with Gasteiger partial charge in [0, 0.05) is 11.1 Å². The van der Waals surface area contributed by atoms with E-state index in [4.69, 9.17) is 0 Å². The zero-order chi connectivity index (χ0) is 27.3. The summed E-state index contributed by atoms with van der Waals surface area (Å²) >= 11 is 0. The second kappa shape index (κ2) is 11.3. The van der Waals surface area contributed by atoms with Crippen molar-refractivity contribution in [2.75, 3.05) is 0 Å². The molecule has 6 rings (SSSR count). The maximum Gasteiger partial charge on any atom is 0.0255 e. The molecule has 190 valence electrons. The molecule has 6 aromatic rings. The molecule has 0 nitrogen and oxygen atoms in total. The highest BCUT2D eigenvalue weighted by Crippen LogP contribution is 2.21. The predicted molar refractivity (Wildman–Crippen MR) is 174 cm³/mol. The Morgan fingerprint density at radius 2 is 0.675 bits per heavy atom. The summed E-state index contributed by atoms with van der Waals surface area (Å²) < 4.78 is 0. The quantitative estimate of drug-likeness (QED) is 0.163. The number of rotatable bonds is 4. The van der Waals surface area contributed by atoms with Gasteiger partial charge in [0.1, 0.15) is 0 Å². The molecule has 0 atom stereocenters. The monoisotopic (exact) mass is 510 g/mol. The van der Waals surface area contributed by atoms with E-state index in [1.165, 1.54) is 54.9 Å². The largest absolute Gasteiger partial charge is 0.0616 e. The van der Waals surface area contributed by atoms with Crippen LogP contribution in [0.5, 0.6) is 0 Å². The van der Waals surface area contributed by atoms with Crippen molar-refractivity contribution in [2.45, 2.75) is 13.8 Å². The SMILES string of the molecule is Cc1ccc(/C=C/c2ccc3cc(C#Cc4ccc5cc(/C=C/c6ccc(C)cc6)ccc5c4)ccc3c2)cc1. The summed E-state index contributed by atoms with van der Waals surface area (Å²) in [6.45, 7) is 4.22. The Morgan fingerprint density at radius 1 is 0.350 bits per heavy atom. The van der Waals surface area contributed by atoms with Crippen LogP contribution in [0, 0.1) is 25.7 Å². The number of fused-ring (bicyclic) bond motifs is 2. The molecule has 40 heavy (non-hydrogen) atoms. The van der Waals surface area contributed by atoms with Gasteiger partial charge in [-0.2, -0.15) is 0 Å². The van der Waals surface area contributed by atoms with E-state index in [1.807, 2.05) is 0 Å². The average Bonchev–Trinajstić information content (AvgIpc) is 2.99. The van der Waals surface area contributed by atoms with Crippen molar-refractivity contribution in [2.24, 2.45) is 0 Å². The van der Waals surface area contributed by atoms with Crippen molar-refractivity contribution in [3.8, 4) is 11.8 Å². The Kier molecular flexibility index (Phi) is 7.12. The van der Waals surface area contributed by atoms with E-state index < -0.39 is 0 Å². The van der Waals surface area contributed by atoms with Crippen LogP contribution in [0.1, 0.15) is 44.5 Å². The summed E-state index contributed by atoms with van der Waals surface area (Å²) in [4.78, 5) is 0. The third kappa shape index (κ3) is 6.12. The summed E-state index contributed by atoms with van der Waals surface area (Å²) in [5, 5.41) is 4.83. The molecule has 0 bridgehead atoms. The Labute approximate surface area is 237 Å². The van der Waals surface area contributed by atoms with Gasteiger partial charge in [0.15, 0.2) is 0 Å². The maximum absolute atomic E-state index is 3.36. The van der Waals surface area contributed by atoms with Crippen LogP contribution in [0.4, 0.5) is 0 Å². The van der Waals surface area contributed by atoms with E-state index in [-0.39, 0.29) is 0 Å². The van der Waals surface area contributed by atoms with E-state index in [9.17, 15) is 0 Å². The lowest BCUT2D eigenvalue weighted by molar-refractivity contribution is 1.46. The maximum atomic E-state index is 3.36. The molecule has 0 aliphatic carbocycles. The third-order valence-electron chi connectivity index (χ3n) is 7.17. The van der Waals surface area contributed by atoms with Crippen LogP contribution < -0.4 is 0 Å². The van der Waals surface area contributed by atoms with Gasteiger partial charge in [0.2, 0.25) is 0 Å². The van der Waals surface area contributed by atoms with E-state index in [1.54, 1.807) is 0 Å². The van der Waals surface area contributed by atoms with Crippen molar-refractivity contribution in [1.82, 2.24) is 0 Å². The molecule has 0 aliphatic heterocycles. The molecule has 0 amide bonds. The number of hydrogen-bond acceptors (Lipinski definition) is 0. The van der Waals surface area contributed by atoms with Crippen LogP contribution >= 0.6 is 0 Å². The predicted octanol–water partition coefficient (Wildman–Crippen LogP) is 10.4. The first-order chi connectivity index (χ1) is 19.6. The molecule has 0 saturated heterocycles. The Bertz CT molecular complexity index is 1790. The Morgan fingerprint density at radius 3 is 1.10 bits per heavy atom. The molecule has 0 heterocycles. The van der Waals surface area contributed by atoms with Gasteiger partial charge in [-0.05, 0) is 94.0 Å². The first-order valence-electron chi connectivity index (χ1n) is 13.7. The van der Waals surface area contributed by atoms with E-state index in [0.717, 1.165) is 11.1 Å². The van der Waals surface area contributed by atoms with Gasteiger partial charge in [-0.3, -0.25) is 0 Å². The van der Waals surface area contributed by atoms with Gasteiger partial charge in [0.05, 0.1) is 0 Å². The summed E-state index contributed by atoms with van der Waals surface area (Å²) in [5.41, 5.74) is 9.39. The van der Waals surface area contributed by atoms with E-state index >= 15 is 0 Å². The zero-order valence-electron chi connectivity index (χ0n) is 22.9. The highest BCUT2D eigenvalue weighted by molar-refractivity contribution is 5.88. The minimum Gasteiger partial charge on any atom is -0.0616 e. The summed E-state index contributed by atoms with van der Waals surface area (Å²) in [6.07, 6.45) is 8.65. The minimum atomic E-state index is 1.02. The highest BCUT2D eigenvalue weighted by Gasteiger charge is 1.99. The van der Waals surface area contributed by atoms with Crippen molar-refractivity contribution in [1.29, 1.82) is 0 Å². The molecule has 0 radical (unpaired) electrons. The van der Waals surface area contributed by atoms with Crippen molar-refractivity contribution < 1.29 is 0 Å². The first-order valence-corrected chi connectivity index (χ1v) is 13.7. The lowest BCUT2D eigenvalue weighted by Crippen LogP contribution is -1.81. The van der Waals surface area contributed by atoms with Crippen molar-refractivity contribution >= 4 is 45.8 Å². The van der Waals surface area contributed by atoms with E-state index in [2.05, 4.69) is 171 Å². The molecule has 6 aromatic carbocycles. The summed E-state index contributed by atoms with van der Waals surface area (Å²) in [6, 6.07) is 43.2. The summed E-state index contributed by atoms with van der Waals surface area (Å²) in [7, 11) is 0. The molecule has 0 saturated carbocycles. The Hall–Kier alpha value is -5.12. The Balaban J connectivity index is 1.17. The van der Waals surface area contributed by atoms with Gasteiger partial charge in [-0.15, -0.1) is 0 Å². The fraction of sp³-hybridized carbons (Fsp3) is 0.0500. The van der Waals surface area contributed by atoms with Gasteiger partial charge in [0.25, 0.3) is 0 Å². The number of benzene rings is 6. The summed E-state index contributed by atoms with van der Waals surface area (Å²) in [5.74, 6) is 6.72. The molecule has 0 aliphatic rings. The molecule has 0 unspecified atom stereocenters. The van der Waals surface area contributed by atoms with Crippen LogP contribution in [-0.4, -0.2) is 0 Å². The smallest absolute Gasteiger partial charge is 0.0255 e. The second-order valence-electron chi connectivity index (χ2n) is 10.4. The molecule has 0 N–H and O–H groups in total. The van der Waals surface area contributed by atoms with Gasteiger partial charge in [-0.25, -0.2) is 0 Å². The molecule has 0 fully saturated rings.